The summed E-state index contributed by atoms with van der Waals surface area (Å²) in [6, 6.07) is 16.7. The molecule has 0 saturated heterocycles. The number of halogens is 1. The third-order valence-electron chi connectivity index (χ3n) is 3.92. The number of aromatic nitrogens is 2. The number of imidazole rings is 1. The molecule has 0 aliphatic heterocycles. The van der Waals surface area contributed by atoms with Crippen LogP contribution >= 0.6 is 15.9 Å². The molecule has 0 unspecified atom stereocenters. The van der Waals surface area contributed by atoms with Gasteiger partial charge < -0.3 is 9.91 Å². The Kier molecular flexibility index (Phi) is 5.73. The van der Waals surface area contributed by atoms with Crippen molar-refractivity contribution >= 4 is 27.5 Å². The molecule has 134 valence electrons. The van der Waals surface area contributed by atoms with Gasteiger partial charge in [-0.25, -0.2) is 4.98 Å². The molecule has 2 aromatic carbocycles. The molecule has 0 fully saturated rings. The van der Waals surface area contributed by atoms with Crippen LogP contribution in [0.5, 0.6) is 0 Å². The molecule has 6 heteroatoms. The lowest BCUT2D eigenvalue weighted by atomic mass is 10.1. The quantitative estimate of drug-likeness (QED) is 0.360. The van der Waals surface area contributed by atoms with Crippen molar-refractivity contribution in [2.24, 2.45) is 5.10 Å². The van der Waals surface area contributed by atoms with Crippen LogP contribution in [0.3, 0.4) is 0 Å². The maximum Gasteiger partial charge on any atom is 0.167 e. The normalized spacial score (nSPS) is 11.5. The average Bonchev–Trinajstić information content (AvgIpc) is 3.14. The molecule has 3 rings (SSSR count). The second-order valence-electron chi connectivity index (χ2n) is 6.24. The molecule has 0 amide bonds. The monoisotopic (exact) mass is 411 g/mol. The van der Waals surface area contributed by atoms with E-state index in [0.29, 0.717) is 0 Å². The molecular weight excluding hydrogens is 390 g/mol. The Morgan fingerprint density at radius 2 is 1.88 bits per heavy atom. The summed E-state index contributed by atoms with van der Waals surface area (Å²) in [7, 11) is 5.94. The Bertz CT molecular complexity index is 872. The summed E-state index contributed by atoms with van der Waals surface area (Å²) >= 11 is 3.60. The average molecular weight is 412 g/mol. The van der Waals surface area contributed by atoms with E-state index in [0.717, 1.165) is 28.1 Å². The predicted octanol–water partition coefficient (Wildman–Crippen LogP) is 4.05. The second-order valence-corrected chi connectivity index (χ2v) is 7.16. The highest BCUT2D eigenvalue weighted by Gasteiger charge is 2.16. The van der Waals surface area contributed by atoms with Gasteiger partial charge in [0.1, 0.15) is 6.33 Å². The number of anilines is 1. The number of hydrogen-bond acceptors (Lipinski definition) is 4. The molecule has 0 aliphatic carbocycles. The SMILES string of the molecule is CN(C)/N=C(\c1cc(Br)ccc1N(C)Cc1ccccc1)n1ccnc1. The summed E-state index contributed by atoms with van der Waals surface area (Å²) in [6.07, 6.45) is 5.44. The largest absolute Gasteiger partial charge is 0.370 e. The van der Waals surface area contributed by atoms with E-state index >= 15 is 0 Å². The van der Waals surface area contributed by atoms with E-state index in [2.05, 4.69) is 75.3 Å². The fourth-order valence-electron chi connectivity index (χ4n) is 2.78. The van der Waals surface area contributed by atoms with E-state index in [4.69, 9.17) is 5.10 Å². The maximum atomic E-state index is 4.71. The number of rotatable bonds is 5. The van der Waals surface area contributed by atoms with Gasteiger partial charge in [-0.1, -0.05) is 46.3 Å². The van der Waals surface area contributed by atoms with Gasteiger partial charge in [-0.3, -0.25) is 4.57 Å². The third-order valence-corrected chi connectivity index (χ3v) is 4.41. The van der Waals surface area contributed by atoms with Gasteiger partial charge in [0.05, 0.1) is 0 Å². The number of benzene rings is 2. The summed E-state index contributed by atoms with van der Waals surface area (Å²) in [5.74, 6) is 0.823. The summed E-state index contributed by atoms with van der Waals surface area (Å²) < 4.78 is 2.94. The van der Waals surface area contributed by atoms with E-state index in [9.17, 15) is 0 Å². The Morgan fingerprint density at radius 1 is 1.12 bits per heavy atom. The molecule has 26 heavy (non-hydrogen) atoms. The first-order valence-electron chi connectivity index (χ1n) is 8.34. The first-order chi connectivity index (χ1) is 12.5. The Morgan fingerprint density at radius 3 is 2.54 bits per heavy atom. The van der Waals surface area contributed by atoms with Crippen molar-refractivity contribution in [3.63, 3.8) is 0 Å². The maximum absolute atomic E-state index is 4.71. The van der Waals surface area contributed by atoms with Crippen molar-refractivity contribution in [3.8, 4) is 0 Å². The van der Waals surface area contributed by atoms with Gasteiger partial charge in [-0.05, 0) is 23.8 Å². The van der Waals surface area contributed by atoms with Crippen molar-refractivity contribution in [1.82, 2.24) is 14.6 Å². The highest BCUT2D eigenvalue weighted by molar-refractivity contribution is 9.10. The summed E-state index contributed by atoms with van der Waals surface area (Å²) in [5.41, 5.74) is 3.40. The van der Waals surface area contributed by atoms with E-state index in [1.807, 2.05) is 30.9 Å². The van der Waals surface area contributed by atoms with Gasteiger partial charge in [-0.2, -0.15) is 5.10 Å². The third kappa shape index (κ3) is 4.32. The lowest BCUT2D eigenvalue weighted by Gasteiger charge is -2.24. The van der Waals surface area contributed by atoms with Crippen LogP contribution in [0.15, 0.2) is 76.8 Å². The van der Waals surface area contributed by atoms with Crippen molar-refractivity contribution < 1.29 is 0 Å². The standard InChI is InChI=1S/C20H22BrN5/c1-24(2)23-20(26-12-11-22-15-26)18-13-17(21)9-10-19(18)25(3)14-16-7-5-4-6-8-16/h4-13,15H,14H2,1-3H3/b23-20+. The van der Waals surface area contributed by atoms with Crippen LogP contribution in [0.1, 0.15) is 11.1 Å². The fraction of sp³-hybridized carbons (Fsp3) is 0.200. The van der Waals surface area contributed by atoms with Crippen molar-refractivity contribution in [3.05, 3.63) is 82.9 Å². The number of hydrogen-bond donors (Lipinski definition) is 0. The fourth-order valence-corrected chi connectivity index (χ4v) is 3.14. The van der Waals surface area contributed by atoms with Gasteiger partial charge in [0, 0.05) is 55.8 Å². The minimum atomic E-state index is 0.814. The zero-order valence-electron chi connectivity index (χ0n) is 15.2. The first-order valence-corrected chi connectivity index (χ1v) is 9.13. The minimum absolute atomic E-state index is 0.814. The van der Waals surface area contributed by atoms with Gasteiger partial charge in [0.15, 0.2) is 5.84 Å². The molecule has 0 radical (unpaired) electrons. The van der Waals surface area contributed by atoms with Crippen molar-refractivity contribution in [2.45, 2.75) is 6.54 Å². The lowest BCUT2D eigenvalue weighted by Crippen LogP contribution is -2.23. The number of hydrazone groups is 1. The molecule has 1 aromatic heterocycles. The van der Waals surface area contributed by atoms with Gasteiger partial charge in [0.25, 0.3) is 0 Å². The van der Waals surface area contributed by atoms with Crippen LogP contribution in [-0.4, -0.2) is 41.5 Å². The highest BCUT2D eigenvalue weighted by Crippen LogP contribution is 2.26. The van der Waals surface area contributed by atoms with Gasteiger partial charge in [-0.15, -0.1) is 0 Å². The first kappa shape index (κ1) is 18.2. The second kappa shape index (κ2) is 8.19. The van der Waals surface area contributed by atoms with Crippen LogP contribution in [0.25, 0.3) is 0 Å². The molecule has 5 nitrogen and oxygen atoms in total. The van der Waals surface area contributed by atoms with E-state index in [-0.39, 0.29) is 0 Å². The molecule has 0 spiro atoms. The predicted molar refractivity (Wildman–Crippen MR) is 111 cm³/mol. The van der Waals surface area contributed by atoms with Crippen LogP contribution in [-0.2, 0) is 6.54 Å². The Labute approximate surface area is 162 Å². The van der Waals surface area contributed by atoms with E-state index < -0.39 is 0 Å². The molecule has 0 bridgehead atoms. The molecule has 0 aliphatic rings. The number of nitrogens with zero attached hydrogens (tertiary/aromatic N) is 5. The van der Waals surface area contributed by atoms with Crippen LogP contribution in [0.2, 0.25) is 0 Å². The lowest BCUT2D eigenvalue weighted by molar-refractivity contribution is 0.435. The molecule has 1 heterocycles. The molecule has 0 saturated carbocycles. The van der Waals surface area contributed by atoms with Gasteiger partial charge >= 0.3 is 0 Å². The van der Waals surface area contributed by atoms with E-state index in [1.165, 1.54) is 5.56 Å². The van der Waals surface area contributed by atoms with Crippen LogP contribution in [0.4, 0.5) is 5.69 Å². The highest BCUT2D eigenvalue weighted by atomic mass is 79.9. The Hall–Kier alpha value is -2.60. The minimum Gasteiger partial charge on any atom is -0.370 e. The van der Waals surface area contributed by atoms with Crippen LogP contribution in [0, 0.1) is 0 Å². The topological polar surface area (TPSA) is 36.7 Å². The smallest absolute Gasteiger partial charge is 0.167 e. The molecular formula is C20H22BrN5. The zero-order valence-corrected chi connectivity index (χ0v) is 16.8. The summed E-state index contributed by atoms with van der Waals surface area (Å²) in [5, 5.41) is 6.51. The Balaban J connectivity index is 2.04. The summed E-state index contributed by atoms with van der Waals surface area (Å²) in [4.78, 5) is 6.41. The van der Waals surface area contributed by atoms with E-state index in [1.54, 1.807) is 17.5 Å². The van der Waals surface area contributed by atoms with Gasteiger partial charge in [0.2, 0.25) is 0 Å². The van der Waals surface area contributed by atoms with Crippen molar-refractivity contribution in [1.29, 1.82) is 0 Å². The molecule has 0 atom stereocenters. The van der Waals surface area contributed by atoms with Crippen molar-refractivity contribution in [2.75, 3.05) is 26.0 Å². The van der Waals surface area contributed by atoms with Crippen LogP contribution < -0.4 is 4.90 Å². The molecule has 3 aromatic rings. The molecule has 0 N–H and O–H groups in total. The zero-order chi connectivity index (χ0) is 18.5. The summed E-state index contributed by atoms with van der Waals surface area (Å²) in [6.45, 7) is 0.814.